The first-order chi connectivity index (χ1) is 9.70. The normalized spacial score (nSPS) is 12.3. The lowest BCUT2D eigenvalue weighted by atomic mass is 9.95. The van der Waals surface area contributed by atoms with Gasteiger partial charge in [-0.3, -0.25) is 0 Å². The van der Waals surface area contributed by atoms with Gasteiger partial charge >= 0.3 is 0 Å². The van der Waals surface area contributed by atoms with Crippen LogP contribution in [-0.2, 0) is 6.42 Å². The molecule has 0 saturated carbocycles. The van der Waals surface area contributed by atoms with Gasteiger partial charge < -0.3 is 5.32 Å². The molecule has 1 heteroatoms. The molecule has 1 N–H and O–H groups in total. The average molecular weight is 267 g/mol. The third kappa shape index (κ3) is 3.94. The summed E-state index contributed by atoms with van der Waals surface area (Å²) < 4.78 is 0. The molecule has 0 spiro atoms. The first-order valence-electron chi connectivity index (χ1n) is 7.55. The van der Waals surface area contributed by atoms with Gasteiger partial charge in [0.25, 0.3) is 0 Å². The van der Waals surface area contributed by atoms with Crippen molar-refractivity contribution in [1.29, 1.82) is 0 Å². The molecule has 20 heavy (non-hydrogen) atoms. The molecular weight excluding hydrogens is 242 g/mol. The highest BCUT2D eigenvalue weighted by molar-refractivity contribution is 5.29. The van der Waals surface area contributed by atoms with E-state index in [0.29, 0.717) is 6.04 Å². The minimum atomic E-state index is 0.446. The van der Waals surface area contributed by atoms with E-state index in [1.807, 2.05) is 0 Å². The summed E-state index contributed by atoms with van der Waals surface area (Å²) in [7, 11) is 0. The Bertz CT molecular complexity index is 545. The van der Waals surface area contributed by atoms with Gasteiger partial charge in [0.2, 0.25) is 0 Å². The minimum absolute atomic E-state index is 0.446. The molecule has 0 amide bonds. The van der Waals surface area contributed by atoms with Crippen LogP contribution in [0.5, 0.6) is 0 Å². The summed E-state index contributed by atoms with van der Waals surface area (Å²) in [6.45, 7) is 7.55. The van der Waals surface area contributed by atoms with Gasteiger partial charge in [0.05, 0.1) is 0 Å². The quantitative estimate of drug-likeness (QED) is 0.807. The van der Waals surface area contributed by atoms with Gasteiger partial charge in [-0.15, -0.1) is 0 Å². The van der Waals surface area contributed by atoms with Gasteiger partial charge in [-0.1, -0.05) is 61.0 Å². The van der Waals surface area contributed by atoms with E-state index in [-0.39, 0.29) is 0 Å². The number of benzene rings is 2. The average Bonchev–Trinajstić information content (AvgIpc) is 2.44. The summed E-state index contributed by atoms with van der Waals surface area (Å²) in [5.41, 5.74) is 5.59. The zero-order chi connectivity index (χ0) is 14.4. The smallest absolute Gasteiger partial charge is 0.0325 e. The fourth-order valence-corrected chi connectivity index (χ4v) is 2.77. The number of hydrogen-bond donors (Lipinski definition) is 1. The Morgan fingerprint density at radius 3 is 2.50 bits per heavy atom. The number of hydrogen-bond acceptors (Lipinski definition) is 1. The van der Waals surface area contributed by atoms with Crippen molar-refractivity contribution < 1.29 is 0 Å². The maximum atomic E-state index is 3.62. The summed E-state index contributed by atoms with van der Waals surface area (Å²) in [5.74, 6) is 0. The molecule has 0 aliphatic carbocycles. The van der Waals surface area contributed by atoms with Gasteiger partial charge in [0.15, 0.2) is 0 Å². The largest absolute Gasteiger partial charge is 0.310 e. The maximum absolute atomic E-state index is 3.62. The monoisotopic (exact) mass is 267 g/mol. The van der Waals surface area contributed by atoms with Crippen molar-refractivity contribution in [1.82, 2.24) is 5.32 Å². The zero-order valence-corrected chi connectivity index (χ0v) is 12.8. The van der Waals surface area contributed by atoms with E-state index < -0.39 is 0 Å². The molecule has 0 radical (unpaired) electrons. The van der Waals surface area contributed by atoms with Gasteiger partial charge in [-0.2, -0.15) is 0 Å². The van der Waals surface area contributed by atoms with Crippen LogP contribution in [0.4, 0.5) is 0 Å². The number of nitrogens with one attached hydrogen (secondary N) is 1. The van der Waals surface area contributed by atoms with Crippen LogP contribution >= 0.6 is 0 Å². The zero-order valence-electron chi connectivity index (χ0n) is 12.8. The maximum Gasteiger partial charge on any atom is 0.0325 e. The summed E-state index contributed by atoms with van der Waals surface area (Å²) in [6, 6.07) is 18.0. The van der Waals surface area contributed by atoms with Gasteiger partial charge in [0, 0.05) is 6.04 Å². The van der Waals surface area contributed by atoms with E-state index in [1.54, 1.807) is 0 Å². The summed E-state index contributed by atoms with van der Waals surface area (Å²) in [5, 5.41) is 3.62. The van der Waals surface area contributed by atoms with Crippen molar-refractivity contribution in [2.75, 3.05) is 6.54 Å². The molecule has 1 nitrogen and oxygen atoms in total. The van der Waals surface area contributed by atoms with Crippen LogP contribution in [0.25, 0.3) is 0 Å². The van der Waals surface area contributed by atoms with Crippen LogP contribution in [0, 0.1) is 13.8 Å². The third-order valence-corrected chi connectivity index (χ3v) is 3.82. The molecule has 0 bridgehead atoms. The Balaban J connectivity index is 2.08. The predicted molar refractivity (Wildman–Crippen MR) is 87.1 cm³/mol. The van der Waals surface area contributed by atoms with Gasteiger partial charge in [-0.25, -0.2) is 0 Å². The fourth-order valence-electron chi connectivity index (χ4n) is 2.77. The van der Waals surface area contributed by atoms with E-state index in [0.717, 1.165) is 19.4 Å². The molecular formula is C19H25N. The molecule has 0 aliphatic heterocycles. The lowest BCUT2D eigenvalue weighted by Gasteiger charge is -2.20. The second kappa shape index (κ2) is 7.25. The Kier molecular flexibility index (Phi) is 5.37. The lowest BCUT2D eigenvalue weighted by molar-refractivity contribution is 0.513. The van der Waals surface area contributed by atoms with Crippen molar-refractivity contribution in [2.45, 2.75) is 39.7 Å². The summed E-state index contributed by atoms with van der Waals surface area (Å²) >= 11 is 0. The third-order valence-electron chi connectivity index (χ3n) is 3.82. The Morgan fingerprint density at radius 2 is 1.80 bits per heavy atom. The molecule has 0 fully saturated rings. The molecule has 2 aromatic rings. The molecule has 2 aromatic carbocycles. The lowest BCUT2D eigenvalue weighted by Crippen LogP contribution is -2.22. The van der Waals surface area contributed by atoms with Crippen molar-refractivity contribution in [3.63, 3.8) is 0 Å². The van der Waals surface area contributed by atoms with Gasteiger partial charge in [-0.05, 0) is 49.9 Å². The van der Waals surface area contributed by atoms with Gasteiger partial charge in [0.1, 0.15) is 0 Å². The van der Waals surface area contributed by atoms with Crippen LogP contribution in [0.2, 0.25) is 0 Å². The number of aryl methyl sites for hydroxylation is 3. The first-order valence-corrected chi connectivity index (χ1v) is 7.55. The standard InChI is InChI=1S/C19H25N/c1-4-20-19(18-11-6-5-9-16(18)3)13-12-17-10-7-8-15(2)14-17/h5-11,14,19-20H,4,12-13H2,1-3H3. The molecule has 0 aliphatic rings. The Morgan fingerprint density at radius 1 is 1.00 bits per heavy atom. The van der Waals surface area contributed by atoms with Crippen molar-refractivity contribution >= 4 is 0 Å². The molecule has 2 rings (SSSR count). The topological polar surface area (TPSA) is 12.0 Å². The van der Waals surface area contributed by atoms with Crippen LogP contribution in [0.15, 0.2) is 48.5 Å². The molecule has 0 aromatic heterocycles. The highest BCUT2D eigenvalue weighted by Crippen LogP contribution is 2.22. The molecule has 1 atom stereocenters. The van der Waals surface area contributed by atoms with E-state index in [9.17, 15) is 0 Å². The second-order valence-electron chi connectivity index (χ2n) is 5.49. The minimum Gasteiger partial charge on any atom is -0.310 e. The Labute approximate surface area is 123 Å². The molecule has 106 valence electrons. The second-order valence-corrected chi connectivity index (χ2v) is 5.49. The van der Waals surface area contributed by atoms with Crippen molar-refractivity contribution in [3.8, 4) is 0 Å². The molecule has 0 saturated heterocycles. The highest BCUT2D eigenvalue weighted by atomic mass is 14.9. The van der Waals surface area contributed by atoms with Crippen LogP contribution in [-0.4, -0.2) is 6.54 Å². The Hall–Kier alpha value is -1.60. The molecule has 1 unspecified atom stereocenters. The highest BCUT2D eigenvalue weighted by Gasteiger charge is 2.12. The van der Waals surface area contributed by atoms with Crippen LogP contribution in [0.3, 0.4) is 0 Å². The number of rotatable bonds is 6. The van der Waals surface area contributed by atoms with Crippen molar-refractivity contribution in [3.05, 3.63) is 70.8 Å². The predicted octanol–water partition coefficient (Wildman–Crippen LogP) is 4.59. The SMILES string of the molecule is CCNC(CCc1cccc(C)c1)c1ccccc1C. The first kappa shape index (κ1) is 14.8. The van der Waals surface area contributed by atoms with E-state index in [2.05, 4.69) is 74.6 Å². The van der Waals surface area contributed by atoms with Crippen molar-refractivity contribution in [2.24, 2.45) is 0 Å². The van der Waals surface area contributed by atoms with E-state index in [4.69, 9.17) is 0 Å². The van der Waals surface area contributed by atoms with Crippen LogP contribution < -0.4 is 5.32 Å². The summed E-state index contributed by atoms with van der Waals surface area (Å²) in [4.78, 5) is 0. The van der Waals surface area contributed by atoms with Crippen LogP contribution in [0.1, 0.15) is 41.6 Å². The summed E-state index contributed by atoms with van der Waals surface area (Å²) in [6.07, 6.45) is 2.26. The fraction of sp³-hybridized carbons (Fsp3) is 0.368. The van der Waals surface area contributed by atoms with E-state index >= 15 is 0 Å². The van der Waals surface area contributed by atoms with E-state index in [1.165, 1.54) is 22.3 Å². The molecule has 0 heterocycles.